The van der Waals surface area contributed by atoms with E-state index >= 15 is 0 Å². The Bertz CT molecular complexity index is 531. The summed E-state index contributed by atoms with van der Waals surface area (Å²) in [5.74, 6) is 0.643. The SMILES string of the molecule is CCNC(=O)c1cncn1-c1ccc(OC)cc1. The molecule has 0 aliphatic heterocycles. The van der Waals surface area contributed by atoms with Crippen molar-refractivity contribution in [3.63, 3.8) is 0 Å². The van der Waals surface area contributed by atoms with Gasteiger partial charge in [0.1, 0.15) is 11.4 Å². The van der Waals surface area contributed by atoms with Crippen molar-refractivity contribution < 1.29 is 9.53 Å². The molecule has 0 spiro atoms. The molecule has 0 unspecified atom stereocenters. The third kappa shape index (κ3) is 2.34. The zero-order valence-electron chi connectivity index (χ0n) is 10.4. The molecule has 0 saturated carbocycles. The molecule has 1 aromatic carbocycles. The molecule has 5 heteroatoms. The third-order valence-corrected chi connectivity index (χ3v) is 2.56. The van der Waals surface area contributed by atoms with Crippen LogP contribution in [0.1, 0.15) is 17.4 Å². The van der Waals surface area contributed by atoms with Crippen LogP contribution in [0.25, 0.3) is 5.69 Å². The lowest BCUT2D eigenvalue weighted by Crippen LogP contribution is -2.24. The number of aromatic nitrogens is 2. The van der Waals surface area contributed by atoms with Crippen molar-refractivity contribution in [3.8, 4) is 11.4 Å². The van der Waals surface area contributed by atoms with Crippen LogP contribution < -0.4 is 10.1 Å². The van der Waals surface area contributed by atoms with Gasteiger partial charge in [-0.2, -0.15) is 0 Å². The van der Waals surface area contributed by atoms with Crippen LogP contribution in [0.15, 0.2) is 36.8 Å². The Morgan fingerprint density at radius 2 is 2.11 bits per heavy atom. The first-order chi connectivity index (χ1) is 8.76. The van der Waals surface area contributed by atoms with Gasteiger partial charge in [-0.15, -0.1) is 0 Å². The average molecular weight is 245 g/mol. The van der Waals surface area contributed by atoms with Crippen molar-refractivity contribution in [1.29, 1.82) is 0 Å². The van der Waals surface area contributed by atoms with E-state index in [2.05, 4.69) is 10.3 Å². The number of ether oxygens (including phenoxy) is 1. The number of imidazole rings is 1. The van der Waals surface area contributed by atoms with Crippen molar-refractivity contribution in [2.45, 2.75) is 6.92 Å². The zero-order chi connectivity index (χ0) is 13.0. The molecule has 0 fully saturated rings. The van der Waals surface area contributed by atoms with Crippen molar-refractivity contribution in [2.75, 3.05) is 13.7 Å². The van der Waals surface area contributed by atoms with E-state index in [1.54, 1.807) is 24.2 Å². The molecule has 2 aromatic rings. The van der Waals surface area contributed by atoms with Crippen LogP contribution in [0.3, 0.4) is 0 Å². The number of nitrogens with one attached hydrogen (secondary N) is 1. The Labute approximate surface area is 105 Å². The molecule has 18 heavy (non-hydrogen) atoms. The van der Waals surface area contributed by atoms with Gasteiger partial charge in [0.25, 0.3) is 5.91 Å². The van der Waals surface area contributed by atoms with Crippen LogP contribution in [-0.2, 0) is 0 Å². The van der Waals surface area contributed by atoms with E-state index in [-0.39, 0.29) is 5.91 Å². The number of benzene rings is 1. The summed E-state index contributed by atoms with van der Waals surface area (Å²) in [5.41, 5.74) is 1.39. The summed E-state index contributed by atoms with van der Waals surface area (Å²) < 4.78 is 6.84. The predicted octanol–water partition coefficient (Wildman–Crippen LogP) is 1.63. The maximum Gasteiger partial charge on any atom is 0.269 e. The summed E-state index contributed by atoms with van der Waals surface area (Å²) in [7, 11) is 1.62. The highest BCUT2D eigenvalue weighted by Gasteiger charge is 2.11. The molecule has 1 heterocycles. The Balaban J connectivity index is 2.32. The Hall–Kier alpha value is -2.30. The summed E-state index contributed by atoms with van der Waals surface area (Å²) in [6, 6.07) is 7.44. The quantitative estimate of drug-likeness (QED) is 0.890. The largest absolute Gasteiger partial charge is 0.497 e. The minimum atomic E-state index is -0.134. The van der Waals surface area contributed by atoms with E-state index in [4.69, 9.17) is 4.74 Å². The molecule has 0 aliphatic carbocycles. The molecule has 1 amide bonds. The summed E-state index contributed by atoms with van der Waals surface area (Å²) >= 11 is 0. The molecular weight excluding hydrogens is 230 g/mol. The van der Waals surface area contributed by atoms with Gasteiger partial charge in [-0.3, -0.25) is 9.36 Å². The van der Waals surface area contributed by atoms with E-state index in [0.717, 1.165) is 11.4 Å². The number of hydrogen-bond donors (Lipinski definition) is 1. The third-order valence-electron chi connectivity index (χ3n) is 2.56. The summed E-state index contributed by atoms with van der Waals surface area (Å²) in [6.07, 6.45) is 3.17. The highest BCUT2D eigenvalue weighted by molar-refractivity contribution is 5.92. The lowest BCUT2D eigenvalue weighted by atomic mass is 10.3. The van der Waals surface area contributed by atoms with E-state index in [1.165, 1.54) is 0 Å². The van der Waals surface area contributed by atoms with Gasteiger partial charge in [-0.25, -0.2) is 4.98 Å². The molecule has 0 bridgehead atoms. The molecular formula is C13H15N3O2. The van der Waals surface area contributed by atoms with E-state index in [9.17, 15) is 4.79 Å². The van der Waals surface area contributed by atoms with Gasteiger partial charge < -0.3 is 10.1 Å². The minimum Gasteiger partial charge on any atom is -0.497 e. The van der Waals surface area contributed by atoms with Crippen LogP contribution in [0.4, 0.5) is 0 Å². The predicted molar refractivity (Wildman–Crippen MR) is 68.1 cm³/mol. The molecule has 1 aromatic heterocycles. The summed E-state index contributed by atoms with van der Waals surface area (Å²) in [4.78, 5) is 15.8. The zero-order valence-corrected chi connectivity index (χ0v) is 10.4. The molecule has 0 aliphatic rings. The first-order valence-corrected chi connectivity index (χ1v) is 5.71. The standard InChI is InChI=1S/C13H15N3O2/c1-3-15-13(17)12-8-14-9-16(12)10-4-6-11(18-2)7-5-10/h4-9H,3H2,1-2H3,(H,15,17). The van der Waals surface area contributed by atoms with Crippen LogP contribution in [0.2, 0.25) is 0 Å². The number of rotatable bonds is 4. The lowest BCUT2D eigenvalue weighted by Gasteiger charge is -2.08. The molecule has 5 nitrogen and oxygen atoms in total. The van der Waals surface area contributed by atoms with Crippen molar-refractivity contribution in [3.05, 3.63) is 42.5 Å². The smallest absolute Gasteiger partial charge is 0.269 e. The Morgan fingerprint density at radius 1 is 1.39 bits per heavy atom. The fourth-order valence-corrected chi connectivity index (χ4v) is 1.66. The first-order valence-electron chi connectivity index (χ1n) is 5.71. The van der Waals surface area contributed by atoms with Crippen LogP contribution >= 0.6 is 0 Å². The summed E-state index contributed by atoms with van der Waals surface area (Å²) in [6.45, 7) is 2.47. The molecule has 0 radical (unpaired) electrons. The summed E-state index contributed by atoms with van der Waals surface area (Å²) in [5, 5.41) is 2.76. The highest BCUT2D eigenvalue weighted by Crippen LogP contribution is 2.16. The normalized spacial score (nSPS) is 10.1. The van der Waals surface area contributed by atoms with E-state index < -0.39 is 0 Å². The van der Waals surface area contributed by atoms with Crippen LogP contribution in [-0.4, -0.2) is 29.1 Å². The van der Waals surface area contributed by atoms with Crippen molar-refractivity contribution in [2.24, 2.45) is 0 Å². The second-order valence-electron chi connectivity index (χ2n) is 3.71. The fraction of sp³-hybridized carbons (Fsp3) is 0.231. The molecule has 0 atom stereocenters. The minimum absolute atomic E-state index is 0.134. The monoisotopic (exact) mass is 245 g/mol. The van der Waals surface area contributed by atoms with Gasteiger partial charge in [0.05, 0.1) is 19.6 Å². The van der Waals surface area contributed by atoms with Crippen LogP contribution in [0, 0.1) is 0 Å². The maximum atomic E-state index is 11.8. The van der Waals surface area contributed by atoms with Crippen molar-refractivity contribution in [1.82, 2.24) is 14.9 Å². The highest BCUT2D eigenvalue weighted by atomic mass is 16.5. The second-order valence-corrected chi connectivity index (χ2v) is 3.71. The van der Waals surface area contributed by atoms with Crippen molar-refractivity contribution >= 4 is 5.91 Å². The number of methoxy groups -OCH3 is 1. The maximum absolute atomic E-state index is 11.8. The number of amides is 1. The topological polar surface area (TPSA) is 56.2 Å². The number of hydrogen-bond acceptors (Lipinski definition) is 3. The van der Waals surface area contributed by atoms with Gasteiger partial charge in [-0.05, 0) is 31.2 Å². The van der Waals surface area contributed by atoms with Gasteiger partial charge in [0.15, 0.2) is 0 Å². The second kappa shape index (κ2) is 5.35. The molecule has 1 N–H and O–H groups in total. The van der Waals surface area contributed by atoms with Gasteiger partial charge in [-0.1, -0.05) is 0 Å². The van der Waals surface area contributed by atoms with Gasteiger partial charge >= 0.3 is 0 Å². The van der Waals surface area contributed by atoms with Gasteiger partial charge in [0.2, 0.25) is 0 Å². The van der Waals surface area contributed by atoms with E-state index in [1.807, 2.05) is 31.2 Å². The number of carbonyl (C=O) groups is 1. The number of nitrogens with zero attached hydrogens (tertiary/aromatic N) is 2. The molecule has 0 saturated heterocycles. The Kier molecular flexibility index (Phi) is 3.62. The lowest BCUT2D eigenvalue weighted by molar-refractivity contribution is 0.0949. The molecule has 2 rings (SSSR count). The fourth-order valence-electron chi connectivity index (χ4n) is 1.66. The average Bonchev–Trinajstić information content (AvgIpc) is 2.88. The Morgan fingerprint density at radius 3 is 2.72 bits per heavy atom. The van der Waals surface area contributed by atoms with Gasteiger partial charge in [0, 0.05) is 12.2 Å². The number of carbonyl (C=O) groups excluding carboxylic acids is 1. The van der Waals surface area contributed by atoms with E-state index in [0.29, 0.717) is 12.2 Å². The van der Waals surface area contributed by atoms with Crippen LogP contribution in [0.5, 0.6) is 5.75 Å². The molecule has 94 valence electrons. The first kappa shape index (κ1) is 12.2.